The maximum atomic E-state index is 4.41. The smallest absolute Gasteiger partial charge is 0.0963 e. The molecule has 0 amide bonds. The summed E-state index contributed by atoms with van der Waals surface area (Å²) >= 11 is 1.90. The van der Waals surface area contributed by atoms with Crippen LogP contribution in [-0.4, -0.2) is 23.3 Å². The maximum absolute atomic E-state index is 4.41. The number of aryl methyl sites for hydroxylation is 1. The standard InChI is InChI=1S/C11H16N2S.ClH/c1-9-4-5-11(13-7-9)14-10-3-2-6-12-8-10;/h4-5,7,10,12H,2-3,6,8H2,1H3;1H. The number of halogens is 1. The number of nitrogens with one attached hydrogen (secondary N) is 1. The molecular weight excluding hydrogens is 228 g/mol. The number of thioether (sulfide) groups is 1. The Morgan fingerprint density at radius 1 is 1.47 bits per heavy atom. The molecule has 15 heavy (non-hydrogen) atoms. The second-order valence-electron chi connectivity index (χ2n) is 3.76. The number of hydrogen-bond donors (Lipinski definition) is 1. The third-order valence-electron chi connectivity index (χ3n) is 2.42. The molecule has 1 saturated heterocycles. The number of piperidine rings is 1. The van der Waals surface area contributed by atoms with Crippen LogP contribution in [0.2, 0.25) is 0 Å². The van der Waals surface area contributed by atoms with Crippen LogP contribution in [0.3, 0.4) is 0 Å². The topological polar surface area (TPSA) is 24.9 Å². The predicted molar refractivity (Wildman–Crippen MR) is 68.0 cm³/mol. The van der Waals surface area contributed by atoms with E-state index in [0.29, 0.717) is 5.25 Å². The summed E-state index contributed by atoms with van der Waals surface area (Å²) in [5, 5.41) is 5.28. The average Bonchev–Trinajstić information content (AvgIpc) is 2.23. The van der Waals surface area contributed by atoms with Crippen LogP contribution in [0.4, 0.5) is 0 Å². The summed E-state index contributed by atoms with van der Waals surface area (Å²) in [5.41, 5.74) is 1.23. The Morgan fingerprint density at radius 3 is 2.93 bits per heavy atom. The van der Waals surface area contributed by atoms with Gasteiger partial charge in [0.25, 0.3) is 0 Å². The molecule has 1 aromatic rings. The first-order valence-electron chi connectivity index (χ1n) is 5.14. The van der Waals surface area contributed by atoms with Gasteiger partial charge in [-0.1, -0.05) is 6.07 Å². The van der Waals surface area contributed by atoms with E-state index in [1.54, 1.807) is 0 Å². The first-order valence-corrected chi connectivity index (χ1v) is 6.02. The van der Waals surface area contributed by atoms with Crippen molar-refractivity contribution in [3.8, 4) is 0 Å². The second-order valence-corrected chi connectivity index (χ2v) is 5.08. The normalized spacial score (nSPS) is 20.7. The summed E-state index contributed by atoms with van der Waals surface area (Å²) in [5.74, 6) is 0. The molecule has 0 bridgehead atoms. The van der Waals surface area contributed by atoms with E-state index in [4.69, 9.17) is 0 Å². The zero-order valence-corrected chi connectivity index (χ0v) is 10.5. The average molecular weight is 245 g/mol. The number of rotatable bonds is 2. The van der Waals surface area contributed by atoms with Gasteiger partial charge >= 0.3 is 0 Å². The molecule has 2 nitrogen and oxygen atoms in total. The monoisotopic (exact) mass is 244 g/mol. The molecule has 0 spiro atoms. The molecule has 2 rings (SSSR count). The fraction of sp³-hybridized carbons (Fsp3) is 0.545. The molecular formula is C11H17ClN2S. The third kappa shape index (κ3) is 4.01. The highest BCUT2D eigenvalue weighted by atomic mass is 35.5. The fourth-order valence-corrected chi connectivity index (χ4v) is 2.70. The van der Waals surface area contributed by atoms with Gasteiger partial charge in [-0.25, -0.2) is 4.98 Å². The lowest BCUT2D eigenvalue weighted by atomic mass is 10.2. The van der Waals surface area contributed by atoms with Gasteiger partial charge in [0.2, 0.25) is 0 Å². The van der Waals surface area contributed by atoms with Crippen molar-refractivity contribution in [2.75, 3.05) is 13.1 Å². The van der Waals surface area contributed by atoms with Gasteiger partial charge in [0.05, 0.1) is 5.03 Å². The van der Waals surface area contributed by atoms with E-state index >= 15 is 0 Å². The van der Waals surface area contributed by atoms with E-state index in [2.05, 4.69) is 29.4 Å². The number of pyridine rings is 1. The Bertz CT molecular complexity index is 283. The second kappa shape index (κ2) is 6.36. The van der Waals surface area contributed by atoms with E-state index in [1.165, 1.54) is 24.9 Å². The highest BCUT2D eigenvalue weighted by molar-refractivity contribution is 7.99. The van der Waals surface area contributed by atoms with Crippen molar-refractivity contribution in [1.29, 1.82) is 0 Å². The molecule has 1 fully saturated rings. The molecule has 1 aliphatic heterocycles. The summed E-state index contributed by atoms with van der Waals surface area (Å²) in [6, 6.07) is 4.25. The quantitative estimate of drug-likeness (QED) is 0.866. The van der Waals surface area contributed by atoms with Crippen molar-refractivity contribution >= 4 is 24.2 Å². The summed E-state index contributed by atoms with van der Waals surface area (Å²) in [4.78, 5) is 4.41. The zero-order chi connectivity index (χ0) is 9.80. The van der Waals surface area contributed by atoms with Gasteiger partial charge in [-0.05, 0) is 37.9 Å². The fourth-order valence-electron chi connectivity index (χ4n) is 1.62. The minimum Gasteiger partial charge on any atom is -0.316 e. The van der Waals surface area contributed by atoms with Crippen molar-refractivity contribution in [3.05, 3.63) is 23.9 Å². The van der Waals surface area contributed by atoms with Crippen molar-refractivity contribution in [1.82, 2.24) is 10.3 Å². The molecule has 4 heteroatoms. The molecule has 0 aliphatic carbocycles. The van der Waals surface area contributed by atoms with E-state index in [9.17, 15) is 0 Å². The Hall–Kier alpha value is -0.250. The summed E-state index contributed by atoms with van der Waals surface area (Å²) in [6.45, 7) is 4.38. The minimum absolute atomic E-state index is 0. The highest BCUT2D eigenvalue weighted by Crippen LogP contribution is 2.25. The summed E-state index contributed by atoms with van der Waals surface area (Å²) < 4.78 is 0. The van der Waals surface area contributed by atoms with Crippen molar-refractivity contribution in [3.63, 3.8) is 0 Å². The first-order chi connectivity index (χ1) is 6.84. The van der Waals surface area contributed by atoms with E-state index in [1.807, 2.05) is 18.0 Å². The lowest BCUT2D eigenvalue weighted by molar-refractivity contribution is 0.531. The maximum Gasteiger partial charge on any atom is 0.0963 e. The molecule has 2 heterocycles. The Balaban J connectivity index is 0.00000112. The SMILES string of the molecule is Cc1ccc(SC2CCCNC2)nc1.Cl. The molecule has 1 atom stereocenters. The molecule has 0 radical (unpaired) electrons. The van der Waals surface area contributed by atoms with E-state index in [-0.39, 0.29) is 12.4 Å². The summed E-state index contributed by atoms with van der Waals surface area (Å²) in [7, 11) is 0. The van der Waals surface area contributed by atoms with Gasteiger partial charge < -0.3 is 5.32 Å². The van der Waals surface area contributed by atoms with Crippen molar-refractivity contribution < 1.29 is 0 Å². The predicted octanol–water partition coefficient (Wildman–Crippen LogP) is 2.66. The first kappa shape index (κ1) is 12.8. The van der Waals surface area contributed by atoms with E-state index in [0.717, 1.165) is 11.6 Å². The molecule has 0 saturated carbocycles. The van der Waals surface area contributed by atoms with Gasteiger partial charge in [-0.15, -0.1) is 24.2 Å². The lowest BCUT2D eigenvalue weighted by Gasteiger charge is -2.21. The molecule has 1 aromatic heterocycles. The number of hydrogen-bond acceptors (Lipinski definition) is 3. The van der Waals surface area contributed by atoms with Crippen LogP contribution in [0.25, 0.3) is 0 Å². The summed E-state index contributed by atoms with van der Waals surface area (Å²) in [6.07, 6.45) is 4.55. The Labute approximate surface area is 102 Å². The number of aromatic nitrogens is 1. The van der Waals surface area contributed by atoms with Crippen molar-refractivity contribution in [2.24, 2.45) is 0 Å². The highest BCUT2D eigenvalue weighted by Gasteiger charge is 2.14. The largest absolute Gasteiger partial charge is 0.316 e. The van der Waals surface area contributed by atoms with Crippen LogP contribution in [0, 0.1) is 6.92 Å². The molecule has 1 aliphatic rings. The van der Waals surface area contributed by atoms with Gasteiger partial charge in [-0.3, -0.25) is 0 Å². The van der Waals surface area contributed by atoms with Crippen LogP contribution in [0.1, 0.15) is 18.4 Å². The molecule has 84 valence electrons. The van der Waals surface area contributed by atoms with E-state index < -0.39 is 0 Å². The van der Waals surface area contributed by atoms with Gasteiger partial charge in [-0.2, -0.15) is 0 Å². The Morgan fingerprint density at radius 2 is 2.33 bits per heavy atom. The molecule has 1 N–H and O–H groups in total. The minimum atomic E-state index is 0. The lowest BCUT2D eigenvalue weighted by Crippen LogP contribution is -2.31. The van der Waals surface area contributed by atoms with Crippen LogP contribution < -0.4 is 5.32 Å². The van der Waals surface area contributed by atoms with Crippen LogP contribution in [0.5, 0.6) is 0 Å². The molecule has 0 aromatic carbocycles. The Kier molecular flexibility index (Phi) is 5.43. The van der Waals surface area contributed by atoms with Crippen LogP contribution in [0.15, 0.2) is 23.4 Å². The third-order valence-corrected chi connectivity index (χ3v) is 3.64. The zero-order valence-electron chi connectivity index (χ0n) is 8.90. The van der Waals surface area contributed by atoms with Crippen LogP contribution >= 0.6 is 24.2 Å². The van der Waals surface area contributed by atoms with Gasteiger partial charge in [0, 0.05) is 18.0 Å². The number of nitrogens with zero attached hydrogens (tertiary/aromatic N) is 1. The molecule has 1 unspecified atom stereocenters. The van der Waals surface area contributed by atoms with Gasteiger partial charge in [0.1, 0.15) is 0 Å². The van der Waals surface area contributed by atoms with Gasteiger partial charge in [0.15, 0.2) is 0 Å². The van der Waals surface area contributed by atoms with Crippen LogP contribution in [-0.2, 0) is 0 Å². The van der Waals surface area contributed by atoms with Crippen molar-refractivity contribution in [2.45, 2.75) is 30.0 Å².